The Balaban J connectivity index is 2.66. The summed E-state index contributed by atoms with van der Waals surface area (Å²) in [7, 11) is 0. The maximum absolute atomic E-state index is 12.4. The highest BCUT2D eigenvalue weighted by molar-refractivity contribution is 5.64. The van der Waals surface area contributed by atoms with Gasteiger partial charge in [0.15, 0.2) is 0 Å². The third-order valence-electron chi connectivity index (χ3n) is 3.50. The lowest BCUT2D eigenvalue weighted by Gasteiger charge is -2.14. The van der Waals surface area contributed by atoms with Crippen LogP contribution in [0.4, 0.5) is 0 Å². The van der Waals surface area contributed by atoms with Crippen LogP contribution < -0.4 is 5.56 Å². The summed E-state index contributed by atoms with van der Waals surface area (Å²) in [5.74, 6) is 0. The summed E-state index contributed by atoms with van der Waals surface area (Å²) in [6.45, 7) is 6.65. The molecule has 0 aliphatic rings. The second-order valence-corrected chi connectivity index (χ2v) is 4.95. The first-order chi connectivity index (χ1) is 9.58. The molecule has 2 aromatic rings. The molecular weight excluding hydrogens is 248 g/mol. The molecule has 0 unspecified atom stereocenters. The van der Waals surface area contributed by atoms with Gasteiger partial charge in [-0.3, -0.25) is 4.79 Å². The standard InChI is InChI=1S/C17H18N2O/c1-4-19-16(8-6-14(9-10-18)17(19)20)15-7-5-12(2)11-13(15)3/h5-8,11H,4,9H2,1-3H3. The first-order valence-corrected chi connectivity index (χ1v) is 6.75. The van der Waals surface area contributed by atoms with Crippen LogP contribution in [0, 0.1) is 25.2 Å². The zero-order chi connectivity index (χ0) is 14.7. The van der Waals surface area contributed by atoms with Gasteiger partial charge in [-0.25, -0.2) is 0 Å². The summed E-state index contributed by atoms with van der Waals surface area (Å²) in [4.78, 5) is 12.4. The summed E-state index contributed by atoms with van der Waals surface area (Å²) in [5, 5.41) is 8.77. The SMILES string of the molecule is CCn1c(-c2ccc(C)cc2C)ccc(CC#N)c1=O. The smallest absolute Gasteiger partial charge is 0.255 e. The molecule has 2 rings (SSSR count). The number of rotatable bonds is 3. The molecule has 102 valence electrons. The molecule has 0 amide bonds. The van der Waals surface area contributed by atoms with E-state index < -0.39 is 0 Å². The Kier molecular flexibility index (Phi) is 4.05. The Bertz CT molecular complexity index is 736. The third kappa shape index (κ3) is 2.50. The van der Waals surface area contributed by atoms with Gasteiger partial charge in [0, 0.05) is 17.7 Å². The Morgan fingerprint density at radius 3 is 2.55 bits per heavy atom. The number of pyridine rings is 1. The second kappa shape index (κ2) is 5.75. The molecule has 0 bridgehead atoms. The van der Waals surface area contributed by atoms with Crippen molar-refractivity contribution in [3.8, 4) is 17.3 Å². The second-order valence-electron chi connectivity index (χ2n) is 4.95. The molecule has 0 radical (unpaired) electrons. The Morgan fingerprint density at radius 1 is 1.20 bits per heavy atom. The average molecular weight is 266 g/mol. The predicted molar refractivity (Wildman–Crippen MR) is 80.6 cm³/mol. The number of hydrogen-bond donors (Lipinski definition) is 0. The first-order valence-electron chi connectivity index (χ1n) is 6.75. The molecule has 1 aromatic carbocycles. The lowest BCUT2D eigenvalue weighted by molar-refractivity contribution is 0.727. The van der Waals surface area contributed by atoms with E-state index in [1.165, 1.54) is 5.56 Å². The van der Waals surface area contributed by atoms with Gasteiger partial charge in [0.25, 0.3) is 5.56 Å². The van der Waals surface area contributed by atoms with Gasteiger partial charge in [-0.05, 0) is 32.4 Å². The first kappa shape index (κ1) is 14.1. The fraction of sp³-hybridized carbons (Fsp3) is 0.294. The Labute approximate surface area is 119 Å². The Hall–Kier alpha value is -2.34. The highest BCUT2D eigenvalue weighted by Crippen LogP contribution is 2.23. The largest absolute Gasteiger partial charge is 0.308 e. The van der Waals surface area contributed by atoms with E-state index in [-0.39, 0.29) is 12.0 Å². The summed E-state index contributed by atoms with van der Waals surface area (Å²) in [5.41, 5.74) is 4.83. The van der Waals surface area contributed by atoms with E-state index in [4.69, 9.17) is 5.26 Å². The average Bonchev–Trinajstić information content (AvgIpc) is 2.41. The molecule has 0 N–H and O–H groups in total. The minimum Gasteiger partial charge on any atom is -0.308 e. The molecule has 0 saturated carbocycles. The van der Waals surface area contributed by atoms with Crippen molar-refractivity contribution in [2.45, 2.75) is 33.7 Å². The van der Waals surface area contributed by atoms with E-state index >= 15 is 0 Å². The number of benzene rings is 1. The van der Waals surface area contributed by atoms with E-state index in [0.29, 0.717) is 12.1 Å². The topological polar surface area (TPSA) is 45.8 Å². The number of aromatic nitrogens is 1. The van der Waals surface area contributed by atoms with Crippen LogP contribution in [0.1, 0.15) is 23.6 Å². The molecule has 0 atom stereocenters. The van der Waals surface area contributed by atoms with Crippen LogP contribution in [0.25, 0.3) is 11.3 Å². The summed E-state index contributed by atoms with van der Waals surface area (Å²) in [6, 6.07) is 12.0. The van der Waals surface area contributed by atoms with Crippen molar-refractivity contribution < 1.29 is 0 Å². The maximum Gasteiger partial charge on any atom is 0.255 e. The van der Waals surface area contributed by atoms with Crippen molar-refractivity contribution in [2.75, 3.05) is 0 Å². The lowest BCUT2D eigenvalue weighted by atomic mass is 10.0. The van der Waals surface area contributed by atoms with Gasteiger partial charge in [0.1, 0.15) is 0 Å². The van der Waals surface area contributed by atoms with Gasteiger partial charge in [0.05, 0.1) is 18.2 Å². The molecule has 0 aliphatic carbocycles. The van der Waals surface area contributed by atoms with Crippen LogP contribution >= 0.6 is 0 Å². The summed E-state index contributed by atoms with van der Waals surface area (Å²) in [6.07, 6.45) is 0.159. The number of nitriles is 1. The molecule has 0 spiro atoms. The third-order valence-corrected chi connectivity index (χ3v) is 3.50. The van der Waals surface area contributed by atoms with Crippen molar-refractivity contribution in [1.29, 1.82) is 5.26 Å². The number of hydrogen-bond acceptors (Lipinski definition) is 2. The van der Waals surface area contributed by atoms with Gasteiger partial charge in [-0.2, -0.15) is 5.26 Å². The fourth-order valence-corrected chi connectivity index (χ4v) is 2.49. The highest BCUT2D eigenvalue weighted by Gasteiger charge is 2.11. The van der Waals surface area contributed by atoms with Crippen LogP contribution in [0.5, 0.6) is 0 Å². The summed E-state index contributed by atoms with van der Waals surface area (Å²) >= 11 is 0. The highest BCUT2D eigenvalue weighted by atomic mass is 16.1. The van der Waals surface area contributed by atoms with Gasteiger partial charge in [-0.15, -0.1) is 0 Å². The normalized spacial score (nSPS) is 10.3. The molecule has 0 aliphatic heterocycles. The van der Waals surface area contributed by atoms with Crippen molar-refractivity contribution in [3.63, 3.8) is 0 Å². The van der Waals surface area contributed by atoms with Crippen molar-refractivity contribution in [3.05, 3.63) is 57.4 Å². The molecule has 3 heteroatoms. The summed E-state index contributed by atoms with van der Waals surface area (Å²) < 4.78 is 1.74. The van der Waals surface area contributed by atoms with E-state index in [0.717, 1.165) is 16.8 Å². The van der Waals surface area contributed by atoms with Crippen molar-refractivity contribution in [1.82, 2.24) is 4.57 Å². The molecule has 1 heterocycles. The molecule has 0 saturated heterocycles. The number of nitrogens with zero attached hydrogens (tertiary/aromatic N) is 2. The van der Waals surface area contributed by atoms with Crippen LogP contribution in [-0.4, -0.2) is 4.57 Å². The van der Waals surface area contributed by atoms with Crippen molar-refractivity contribution in [2.24, 2.45) is 0 Å². The van der Waals surface area contributed by atoms with E-state index in [1.54, 1.807) is 10.6 Å². The lowest BCUT2D eigenvalue weighted by Crippen LogP contribution is -2.24. The van der Waals surface area contributed by atoms with Crippen molar-refractivity contribution >= 4 is 0 Å². The fourth-order valence-electron chi connectivity index (χ4n) is 2.49. The van der Waals surface area contributed by atoms with Crippen LogP contribution in [0.15, 0.2) is 35.1 Å². The molecule has 0 fully saturated rings. The monoisotopic (exact) mass is 266 g/mol. The van der Waals surface area contributed by atoms with Gasteiger partial charge >= 0.3 is 0 Å². The molecule has 1 aromatic heterocycles. The number of aryl methyl sites for hydroxylation is 2. The minimum atomic E-state index is -0.0634. The quantitative estimate of drug-likeness (QED) is 0.856. The van der Waals surface area contributed by atoms with Crippen LogP contribution in [0.3, 0.4) is 0 Å². The zero-order valence-electron chi connectivity index (χ0n) is 12.1. The zero-order valence-corrected chi connectivity index (χ0v) is 12.1. The van der Waals surface area contributed by atoms with Gasteiger partial charge in [-0.1, -0.05) is 29.8 Å². The van der Waals surface area contributed by atoms with Crippen LogP contribution in [-0.2, 0) is 13.0 Å². The predicted octanol–water partition coefficient (Wildman–Crippen LogP) is 3.22. The van der Waals surface area contributed by atoms with Gasteiger partial charge in [0.2, 0.25) is 0 Å². The maximum atomic E-state index is 12.4. The van der Waals surface area contributed by atoms with E-state index in [9.17, 15) is 4.79 Å². The Morgan fingerprint density at radius 2 is 1.95 bits per heavy atom. The molecule has 20 heavy (non-hydrogen) atoms. The molecular formula is C17H18N2O. The molecule has 3 nitrogen and oxygen atoms in total. The van der Waals surface area contributed by atoms with Gasteiger partial charge < -0.3 is 4.57 Å². The minimum absolute atomic E-state index is 0.0634. The van der Waals surface area contributed by atoms with E-state index in [2.05, 4.69) is 32.0 Å². The van der Waals surface area contributed by atoms with E-state index in [1.807, 2.05) is 19.1 Å². The van der Waals surface area contributed by atoms with Crippen LogP contribution in [0.2, 0.25) is 0 Å².